The molecule has 1 aliphatic heterocycles. The van der Waals surface area contributed by atoms with Crippen LogP contribution in [0, 0.1) is 22.9 Å². The normalized spacial score (nSPS) is 14.8. The summed E-state index contributed by atoms with van der Waals surface area (Å²) < 4.78 is 16.6. The molecule has 172 valence electrons. The molecule has 0 fully saturated rings. The van der Waals surface area contributed by atoms with Gasteiger partial charge in [0.25, 0.3) is 5.56 Å². The molecule has 1 amide bonds. The van der Waals surface area contributed by atoms with E-state index in [-0.39, 0.29) is 17.7 Å². The van der Waals surface area contributed by atoms with Crippen LogP contribution in [0.1, 0.15) is 18.0 Å². The third kappa shape index (κ3) is 3.81. The minimum atomic E-state index is -0.989. The van der Waals surface area contributed by atoms with Crippen LogP contribution in [0.15, 0.2) is 58.6 Å². The number of fused-ring (bicyclic) bond motifs is 2. The summed E-state index contributed by atoms with van der Waals surface area (Å²) in [6, 6.07) is 10.4. The van der Waals surface area contributed by atoms with Gasteiger partial charge in [-0.05, 0) is 31.2 Å². The first-order valence-corrected chi connectivity index (χ1v) is 11.2. The van der Waals surface area contributed by atoms with Gasteiger partial charge < -0.3 is 5.32 Å². The second kappa shape index (κ2) is 8.37. The van der Waals surface area contributed by atoms with E-state index in [1.807, 2.05) is 31.2 Å². The number of rotatable bonds is 5. The van der Waals surface area contributed by atoms with Crippen LogP contribution in [-0.2, 0) is 4.79 Å². The summed E-state index contributed by atoms with van der Waals surface area (Å²) in [4.78, 5) is 40.5. The van der Waals surface area contributed by atoms with Gasteiger partial charge in [0.1, 0.15) is 5.39 Å². The summed E-state index contributed by atoms with van der Waals surface area (Å²) in [6.45, 7) is 1.98. The van der Waals surface area contributed by atoms with Crippen LogP contribution < -0.4 is 10.9 Å². The van der Waals surface area contributed by atoms with Crippen molar-refractivity contribution in [1.29, 1.82) is 0 Å². The molecule has 0 aliphatic carbocycles. The van der Waals surface area contributed by atoms with Crippen LogP contribution >= 0.6 is 11.8 Å². The van der Waals surface area contributed by atoms with Crippen molar-refractivity contribution in [3.63, 3.8) is 0 Å². The van der Waals surface area contributed by atoms with E-state index in [1.54, 1.807) is 4.68 Å². The standard InChI is InChI=1S/C22H17FN6O4S/c1-12-2-5-14(6-3-12)28-20-16(10-24-28)21(31)27-15(11-34-22(27)26-20)9-19(30)25-13-4-7-17(23)18(8-13)29(32)33/h2-8,10,15H,9,11H2,1H3,(H,25,30). The number of halogens is 1. The summed E-state index contributed by atoms with van der Waals surface area (Å²) >= 11 is 1.36. The predicted octanol–water partition coefficient (Wildman–Crippen LogP) is 3.61. The Labute approximate surface area is 195 Å². The Bertz CT molecular complexity index is 1510. The van der Waals surface area contributed by atoms with E-state index in [9.17, 15) is 24.1 Å². The van der Waals surface area contributed by atoms with E-state index in [2.05, 4.69) is 15.4 Å². The number of nitrogens with one attached hydrogen (secondary N) is 1. The van der Waals surface area contributed by atoms with Gasteiger partial charge in [-0.2, -0.15) is 9.49 Å². The van der Waals surface area contributed by atoms with Crippen LogP contribution in [0.3, 0.4) is 0 Å². The van der Waals surface area contributed by atoms with E-state index >= 15 is 0 Å². The van der Waals surface area contributed by atoms with Gasteiger partial charge in [-0.25, -0.2) is 9.67 Å². The third-order valence-electron chi connectivity index (χ3n) is 5.50. The topological polar surface area (TPSA) is 125 Å². The number of carbonyl (C=O) groups is 1. The maximum atomic E-state index is 13.5. The SMILES string of the molecule is Cc1ccc(-n2ncc3c(=O)n4c(nc32)SCC4CC(=O)Nc2ccc(F)c([N+](=O)[O-])c2)cc1. The largest absolute Gasteiger partial charge is 0.326 e. The molecule has 0 saturated carbocycles. The number of anilines is 1. The van der Waals surface area contributed by atoms with E-state index < -0.39 is 28.4 Å². The number of aryl methyl sites for hydroxylation is 1. The monoisotopic (exact) mass is 480 g/mol. The van der Waals surface area contributed by atoms with Gasteiger partial charge in [-0.15, -0.1) is 0 Å². The quantitative estimate of drug-likeness (QED) is 0.263. The van der Waals surface area contributed by atoms with Crippen molar-refractivity contribution in [3.05, 3.63) is 80.5 Å². The molecule has 5 rings (SSSR count). The van der Waals surface area contributed by atoms with E-state index in [1.165, 1.54) is 28.6 Å². The minimum absolute atomic E-state index is 0.0512. The van der Waals surface area contributed by atoms with Gasteiger partial charge in [0.05, 0.1) is 22.8 Å². The maximum absolute atomic E-state index is 13.5. The smallest absolute Gasteiger partial charge is 0.306 e. The highest BCUT2D eigenvalue weighted by Crippen LogP contribution is 2.34. The van der Waals surface area contributed by atoms with Crippen molar-refractivity contribution in [3.8, 4) is 5.69 Å². The molecule has 1 N–H and O–H groups in total. The second-order valence-corrected chi connectivity index (χ2v) is 8.83. The first kappa shape index (κ1) is 21.8. The number of hydrogen-bond acceptors (Lipinski definition) is 7. The van der Waals surface area contributed by atoms with Gasteiger partial charge >= 0.3 is 5.69 Å². The van der Waals surface area contributed by atoms with Crippen LogP contribution in [-0.4, -0.2) is 35.9 Å². The number of amides is 1. The number of hydrogen-bond donors (Lipinski definition) is 1. The van der Waals surface area contributed by atoms with Crippen LogP contribution in [0.2, 0.25) is 0 Å². The van der Waals surface area contributed by atoms with Crippen LogP contribution in [0.25, 0.3) is 16.7 Å². The number of thioether (sulfide) groups is 1. The Balaban J connectivity index is 1.41. The highest BCUT2D eigenvalue weighted by atomic mass is 32.2. The first-order chi connectivity index (χ1) is 16.3. The van der Waals surface area contributed by atoms with Crippen molar-refractivity contribution < 1.29 is 14.1 Å². The van der Waals surface area contributed by atoms with E-state index in [0.717, 1.165) is 23.4 Å². The molecule has 1 aliphatic rings. The third-order valence-corrected chi connectivity index (χ3v) is 6.59. The summed E-state index contributed by atoms with van der Waals surface area (Å²) in [7, 11) is 0. The Morgan fingerprint density at radius 2 is 2.06 bits per heavy atom. The molecule has 0 saturated heterocycles. The maximum Gasteiger partial charge on any atom is 0.306 e. The van der Waals surface area contributed by atoms with E-state index in [0.29, 0.717) is 21.9 Å². The molecule has 0 radical (unpaired) electrons. The number of nitro groups is 1. The molecule has 2 aromatic heterocycles. The fraction of sp³-hybridized carbons (Fsp3) is 0.182. The van der Waals surface area contributed by atoms with Gasteiger partial charge in [-0.1, -0.05) is 29.5 Å². The first-order valence-electron chi connectivity index (χ1n) is 10.3. The molecule has 2 aromatic carbocycles. The molecule has 3 heterocycles. The average molecular weight is 480 g/mol. The molecule has 12 heteroatoms. The van der Waals surface area contributed by atoms with Gasteiger partial charge in [0, 0.05) is 23.9 Å². The molecular formula is C22H17FN6O4S. The summed E-state index contributed by atoms with van der Waals surface area (Å²) in [6.07, 6.45) is 1.42. The van der Waals surface area contributed by atoms with Crippen molar-refractivity contribution in [2.24, 2.45) is 0 Å². The molecule has 1 unspecified atom stereocenters. The van der Waals surface area contributed by atoms with Gasteiger partial charge in [-0.3, -0.25) is 24.3 Å². The lowest BCUT2D eigenvalue weighted by molar-refractivity contribution is -0.387. The molecule has 4 aromatic rings. The zero-order chi connectivity index (χ0) is 24.0. The summed E-state index contributed by atoms with van der Waals surface area (Å²) in [5, 5.41) is 18.6. The van der Waals surface area contributed by atoms with Gasteiger partial charge in [0.2, 0.25) is 11.7 Å². The highest BCUT2D eigenvalue weighted by molar-refractivity contribution is 7.99. The van der Waals surface area contributed by atoms with Crippen molar-refractivity contribution >= 4 is 40.1 Å². The summed E-state index contributed by atoms with van der Waals surface area (Å²) in [5.41, 5.74) is 1.40. The Morgan fingerprint density at radius 1 is 1.29 bits per heavy atom. The second-order valence-electron chi connectivity index (χ2n) is 7.84. The molecule has 34 heavy (non-hydrogen) atoms. The molecule has 1 atom stereocenters. The lowest BCUT2D eigenvalue weighted by atomic mass is 10.2. The number of nitrogens with zero attached hydrogens (tertiary/aromatic N) is 5. The fourth-order valence-corrected chi connectivity index (χ4v) is 4.94. The van der Waals surface area contributed by atoms with Gasteiger partial charge in [0.15, 0.2) is 10.8 Å². The fourth-order valence-electron chi connectivity index (χ4n) is 3.81. The van der Waals surface area contributed by atoms with Crippen LogP contribution in [0.4, 0.5) is 15.8 Å². The Hall–Kier alpha value is -4.06. The summed E-state index contributed by atoms with van der Waals surface area (Å²) in [5.74, 6) is -0.984. The number of nitro benzene ring substituents is 1. The molecule has 10 nitrogen and oxygen atoms in total. The zero-order valence-corrected chi connectivity index (χ0v) is 18.6. The molecule has 0 bridgehead atoms. The number of aromatic nitrogens is 4. The Morgan fingerprint density at radius 3 is 2.79 bits per heavy atom. The molecular weight excluding hydrogens is 463 g/mol. The lowest BCUT2D eigenvalue weighted by Crippen LogP contribution is -2.27. The number of carbonyl (C=O) groups excluding carboxylic acids is 1. The average Bonchev–Trinajstić information content (AvgIpc) is 3.40. The van der Waals surface area contributed by atoms with E-state index in [4.69, 9.17) is 0 Å². The highest BCUT2D eigenvalue weighted by Gasteiger charge is 2.30. The lowest BCUT2D eigenvalue weighted by Gasteiger charge is -2.13. The number of benzene rings is 2. The van der Waals surface area contributed by atoms with Crippen LogP contribution in [0.5, 0.6) is 0 Å². The molecule has 0 spiro atoms. The Kier molecular flexibility index (Phi) is 5.36. The zero-order valence-electron chi connectivity index (χ0n) is 17.8. The van der Waals surface area contributed by atoms with Crippen molar-refractivity contribution in [1.82, 2.24) is 19.3 Å². The van der Waals surface area contributed by atoms with Crippen molar-refractivity contribution in [2.75, 3.05) is 11.1 Å². The van der Waals surface area contributed by atoms with Crippen molar-refractivity contribution in [2.45, 2.75) is 24.5 Å². The minimum Gasteiger partial charge on any atom is -0.326 e. The predicted molar refractivity (Wildman–Crippen MR) is 124 cm³/mol.